The molecule has 0 amide bonds. The Balaban J connectivity index is 1.95. The van der Waals surface area contributed by atoms with Crippen LogP contribution in [-0.2, 0) is 0 Å². The van der Waals surface area contributed by atoms with Gasteiger partial charge in [0.25, 0.3) is 0 Å². The Kier molecular flexibility index (Phi) is 6.14. The van der Waals surface area contributed by atoms with E-state index < -0.39 is 0 Å². The first-order valence-electron chi connectivity index (χ1n) is 9.39. The summed E-state index contributed by atoms with van der Waals surface area (Å²) in [5.41, 5.74) is 0.420. The van der Waals surface area contributed by atoms with Gasteiger partial charge in [-0.1, -0.05) is 53.9 Å². The number of nitrogens with zero attached hydrogens (tertiary/aromatic N) is 1. The van der Waals surface area contributed by atoms with Gasteiger partial charge in [0.1, 0.15) is 0 Å². The molecule has 0 aromatic heterocycles. The monoisotopic (exact) mass is 294 g/mol. The van der Waals surface area contributed by atoms with Crippen molar-refractivity contribution in [2.75, 3.05) is 19.6 Å². The minimum absolute atomic E-state index is 0.420. The highest BCUT2D eigenvalue weighted by Crippen LogP contribution is 2.31. The molecule has 1 aliphatic heterocycles. The van der Waals surface area contributed by atoms with Crippen LogP contribution in [0.3, 0.4) is 0 Å². The molecule has 3 unspecified atom stereocenters. The summed E-state index contributed by atoms with van der Waals surface area (Å²) in [6, 6.07) is 1.50. The lowest BCUT2D eigenvalue weighted by atomic mass is 9.80. The summed E-state index contributed by atoms with van der Waals surface area (Å²) >= 11 is 0. The summed E-state index contributed by atoms with van der Waals surface area (Å²) < 4.78 is 0. The number of hydrogen-bond acceptors (Lipinski definition) is 2. The molecule has 2 heteroatoms. The first-order chi connectivity index (χ1) is 9.91. The SMILES string of the molecule is CCC1CNC(C2CCCCC2)CN1CC(C)C(C)(C)C. The van der Waals surface area contributed by atoms with Crippen LogP contribution in [0, 0.1) is 17.3 Å². The predicted octanol–water partition coefficient (Wildman–Crippen LogP) is 4.30. The van der Waals surface area contributed by atoms with Crippen LogP contribution in [0.25, 0.3) is 0 Å². The van der Waals surface area contributed by atoms with Crippen molar-refractivity contribution in [2.45, 2.75) is 85.2 Å². The van der Waals surface area contributed by atoms with Gasteiger partial charge in [0, 0.05) is 31.7 Å². The summed E-state index contributed by atoms with van der Waals surface area (Å²) in [6.45, 7) is 15.7. The molecule has 1 saturated carbocycles. The molecule has 2 fully saturated rings. The van der Waals surface area contributed by atoms with E-state index >= 15 is 0 Å². The molecule has 3 atom stereocenters. The maximum absolute atomic E-state index is 3.89. The second kappa shape index (κ2) is 7.46. The molecule has 0 aromatic carbocycles. The van der Waals surface area contributed by atoms with Crippen LogP contribution in [0.1, 0.15) is 73.1 Å². The Morgan fingerprint density at radius 1 is 1.14 bits per heavy atom. The topological polar surface area (TPSA) is 15.3 Å². The first kappa shape index (κ1) is 17.3. The molecular formula is C19H38N2. The van der Waals surface area contributed by atoms with E-state index in [-0.39, 0.29) is 0 Å². The average molecular weight is 295 g/mol. The van der Waals surface area contributed by atoms with Crippen LogP contribution in [0.2, 0.25) is 0 Å². The highest BCUT2D eigenvalue weighted by atomic mass is 15.2. The quantitative estimate of drug-likeness (QED) is 0.831. The van der Waals surface area contributed by atoms with Gasteiger partial charge in [0.15, 0.2) is 0 Å². The molecule has 1 saturated heterocycles. The minimum atomic E-state index is 0.420. The lowest BCUT2D eigenvalue weighted by Crippen LogP contribution is -2.59. The predicted molar refractivity (Wildman–Crippen MR) is 92.6 cm³/mol. The van der Waals surface area contributed by atoms with Crippen molar-refractivity contribution in [3.63, 3.8) is 0 Å². The highest BCUT2D eigenvalue weighted by Gasteiger charge is 2.34. The fourth-order valence-electron chi connectivity index (χ4n) is 3.99. The average Bonchev–Trinajstić information content (AvgIpc) is 2.47. The molecule has 2 aliphatic rings. The number of nitrogens with one attached hydrogen (secondary N) is 1. The van der Waals surface area contributed by atoms with Gasteiger partial charge in [0.2, 0.25) is 0 Å². The van der Waals surface area contributed by atoms with Gasteiger partial charge in [-0.2, -0.15) is 0 Å². The third kappa shape index (κ3) is 4.69. The number of piperazine rings is 1. The lowest BCUT2D eigenvalue weighted by molar-refractivity contribution is 0.0612. The zero-order valence-corrected chi connectivity index (χ0v) is 15.1. The fraction of sp³-hybridized carbons (Fsp3) is 1.00. The van der Waals surface area contributed by atoms with Crippen molar-refractivity contribution in [3.05, 3.63) is 0 Å². The Labute approximate surface area is 133 Å². The second-order valence-corrected chi connectivity index (χ2v) is 8.70. The van der Waals surface area contributed by atoms with E-state index in [1.807, 2.05) is 0 Å². The van der Waals surface area contributed by atoms with Crippen molar-refractivity contribution in [1.29, 1.82) is 0 Å². The Hall–Kier alpha value is -0.0800. The van der Waals surface area contributed by atoms with Crippen LogP contribution in [0.15, 0.2) is 0 Å². The van der Waals surface area contributed by atoms with Crippen molar-refractivity contribution < 1.29 is 0 Å². The lowest BCUT2D eigenvalue weighted by Gasteiger charge is -2.46. The number of rotatable bonds is 4. The molecule has 21 heavy (non-hydrogen) atoms. The molecule has 1 N–H and O–H groups in total. The first-order valence-corrected chi connectivity index (χ1v) is 9.39. The maximum atomic E-state index is 3.89. The van der Waals surface area contributed by atoms with E-state index in [0.29, 0.717) is 5.41 Å². The minimum Gasteiger partial charge on any atom is -0.311 e. The molecule has 124 valence electrons. The van der Waals surface area contributed by atoms with Crippen LogP contribution in [-0.4, -0.2) is 36.6 Å². The maximum Gasteiger partial charge on any atom is 0.0224 e. The van der Waals surface area contributed by atoms with Gasteiger partial charge in [-0.15, -0.1) is 0 Å². The Morgan fingerprint density at radius 2 is 1.81 bits per heavy atom. The summed E-state index contributed by atoms with van der Waals surface area (Å²) in [5, 5.41) is 3.89. The summed E-state index contributed by atoms with van der Waals surface area (Å²) in [4.78, 5) is 2.81. The second-order valence-electron chi connectivity index (χ2n) is 8.70. The molecule has 2 rings (SSSR count). The van der Waals surface area contributed by atoms with Gasteiger partial charge in [-0.05, 0) is 36.5 Å². The molecular weight excluding hydrogens is 256 g/mol. The summed E-state index contributed by atoms with van der Waals surface area (Å²) in [7, 11) is 0. The van der Waals surface area contributed by atoms with E-state index in [1.165, 1.54) is 58.2 Å². The van der Waals surface area contributed by atoms with E-state index in [2.05, 4.69) is 44.8 Å². The van der Waals surface area contributed by atoms with Gasteiger partial charge in [-0.3, -0.25) is 4.90 Å². The molecule has 1 heterocycles. The normalized spacial score (nSPS) is 31.3. The van der Waals surface area contributed by atoms with Crippen molar-refractivity contribution in [1.82, 2.24) is 10.2 Å². The summed E-state index contributed by atoms with van der Waals surface area (Å²) in [6.07, 6.45) is 8.57. The largest absolute Gasteiger partial charge is 0.311 e. The number of hydrogen-bond donors (Lipinski definition) is 1. The molecule has 0 radical (unpaired) electrons. The Bertz CT molecular complexity index is 301. The van der Waals surface area contributed by atoms with Crippen molar-refractivity contribution >= 4 is 0 Å². The highest BCUT2D eigenvalue weighted by molar-refractivity contribution is 4.91. The van der Waals surface area contributed by atoms with Crippen molar-refractivity contribution in [2.24, 2.45) is 17.3 Å². The van der Waals surface area contributed by atoms with Gasteiger partial charge >= 0.3 is 0 Å². The zero-order valence-electron chi connectivity index (χ0n) is 15.1. The zero-order chi connectivity index (χ0) is 15.5. The molecule has 2 nitrogen and oxygen atoms in total. The Morgan fingerprint density at radius 3 is 2.38 bits per heavy atom. The molecule has 0 spiro atoms. The van der Waals surface area contributed by atoms with Crippen LogP contribution in [0.5, 0.6) is 0 Å². The van der Waals surface area contributed by atoms with Gasteiger partial charge in [-0.25, -0.2) is 0 Å². The van der Waals surface area contributed by atoms with Crippen LogP contribution < -0.4 is 5.32 Å². The molecule has 0 aromatic rings. The molecule has 1 aliphatic carbocycles. The van der Waals surface area contributed by atoms with E-state index in [0.717, 1.165) is 23.9 Å². The fourth-order valence-corrected chi connectivity index (χ4v) is 3.99. The van der Waals surface area contributed by atoms with Gasteiger partial charge in [0.05, 0.1) is 0 Å². The third-order valence-electron chi connectivity index (χ3n) is 6.24. The van der Waals surface area contributed by atoms with Gasteiger partial charge < -0.3 is 5.32 Å². The van der Waals surface area contributed by atoms with Crippen molar-refractivity contribution in [3.8, 4) is 0 Å². The summed E-state index contributed by atoms with van der Waals surface area (Å²) in [5.74, 6) is 1.70. The standard InChI is InChI=1S/C19H38N2/c1-6-17-12-20-18(16-10-8-7-9-11-16)14-21(17)13-15(2)19(3,4)5/h15-18,20H,6-14H2,1-5H3. The van der Waals surface area contributed by atoms with E-state index in [1.54, 1.807) is 0 Å². The van der Waals surface area contributed by atoms with Crippen LogP contribution >= 0.6 is 0 Å². The van der Waals surface area contributed by atoms with E-state index in [4.69, 9.17) is 0 Å². The third-order valence-corrected chi connectivity index (χ3v) is 6.24. The van der Waals surface area contributed by atoms with Crippen LogP contribution in [0.4, 0.5) is 0 Å². The smallest absolute Gasteiger partial charge is 0.0224 e. The van der Waals surface area contributed by atoms with E-state index in [9.17, 15) is 0 Å². The molecule has 0 bridgehead atoms.